The predicted molar refractivity (Wildman–Crippen MR) is 113 cm³/mol. The van der Waals surface area contributed by atoms with Gasteiger partial charge in [0.2, 0.25) is 11.4 Å². The minimum absolute atomic E-state index is 0.967. The molecule has 0 unspecified atom stereocenters. The van der Waals surface area contributed by atoms with Crippen molar-refractivity contribution in [2.75, 3.05) is 0 Å². The number of nitrogens with zero attached hydrogens (tertiary/aromatic N) is 1. The van der Waals surface area contributed by atoms with Gasteiger partial charge in [-0.2, -0.15) is 4.57 Å². The van der Waals surface area contributed by atoms with Gasteiger partial charge in [0.25, 0.3) is 0 Å². The van der Waals surface area contributed by atoms with Crippen LogP contribution in [0.4, 0.5) is 0 Å². The summed E-state index contributed by atoms with van der Waals surface area (Å²) < 4.78 is 2.39. The van der Waals surface area contributed by atoms with E-state index in [0.29, 0.717) is 0 Å². The fourth-order valence-corrected chi connectivity index (χ4v) is 3.53. The molecule has 0 saturated heterocycles. The zero-order valence-electron chi connectivity index (χ0n) is 15.9. The number of aryl methyl sites for hydroxylation is 2. The second kappa shape index (κ2) is 7.59. The van der Waals surface area contributed by atoms with E-state index >= 15 is 0 Å². The van der Waals surface area contributed by atoms with Crippen LogP contribution in [0.15, 0.2) is 97.1 Å². The highest BCUT2D eigenvalue weighted by Crippen LogP contribution is 2.26. The van der Waals surface area contributed by atoms with E-state index in [4.69, 9.17) is 0 Å². The summed E-state index contributed by atoms with van der Waals surface area (Å²) in [5, 5.41) is 0. The summed E-state index contributed by atoms with van der Waals surface area (Å²) in [6.45, 7) is 4.36. The Balaban J connectivity index is 2.00. The first-order chi connectivity index (χ1) is 13.3. The van der Waals surface area contributed by atoms with Crippen LogP contribution in [0, 0.1) is 6.92 Å². The first kappa shape index (κ1) is 17.2. The van der Waals surface area contributed by atoms with E-state index in [9.17, 15) is 0 Å². The third-order valence-corrected chi connectivity index (χ3v) is 4.97. The average Bonchev–Trinajstić information content (AvgIpc) is 2.75. The van der Waals surface area contributed by atoms with Gasteiger partial charge < -0.3 is 0 Å². The number of benzene rings is 3. The van der Waals surface area contributed by atoms with Crippen molar-refractivity contribution < 1.29 is 4.57 Å². The molecule has 132 valence electrons. The van der Waals surface area contributed by atoms with Crippen molar-refractivity contribution in [2.24, 2.45) is 0 Å². The van der Waals surface area contributed by atoms with Gasteiger partial charge in [-0.25, -0.2) is 0 Å². The SMILES string of the molecule is CCc1cc(-c2ccccc2)cc(-c2ccccc2)[n+]1-c1ccc(C)cc1. The fraction of sp³-hybridized carbons (Fsp3) is 0.115. The molecule has 27 heavy (non-hydrogen) atoms. The summed E-state index contributed by atoms with van der Waals surface area (Å²) in [5.74, 6) is 0. The molecule has 0 radical (unpaired) electrons. The normalized spacial score (nSPS) is 10.7. The van der Waals surface area contributed by atoms with Gasteiger partial charge in [-0.05, 0) is 30.2 Å². The second-order valence-corrected chi connectivity index (χ2v) is 6.88. The first-order valence-corrected chi connectivity index (χ1v) is 9.53. The van der Waals surface area contributed by atoms with Crippen LogP contribution in [0.1, 0.15) is 18.2 Å². The Morgan fingerprint density at radius 1 is 0.630 bits per heavy atom. The zero-order valence-corrected chi connectivity index (χ0v) is 15.9. The largest absolute Gasteiger partial charge is 0.219 e. The molecule has 1 aromatic heterocycles. The van der Waals surface area contributed by atoms with E-state index in [2.05, 4.69) is 115 Å². The molecule has 0 amide bonds. The number of hydrogen-bond donors (Lipinski definition) is 0. The Kier molecular flexibility index (Phi) is 4.84. The molecule has 1 heterocycles. The van der Waals surface area contributed by atoms with Gasteiger partial charge in [0, 0.05) is 36.2 Å². The summed E-state index contributed by atoms with van der Waals surface area (Å²) in [6.07, 6.45) is 0.967. The molecule has 4 rings (SSSR count). The number of aromatic nitrogens is 1. The number of hydrogen-bond acceptors (Lipinski definition) is 0. The maximum absolute atomic E-state index is 2.39. The summed E-state index contributed by atoms with van der Waals surface area (Å²) >= 11 is 0. The van der Waals surface area contributed by atoms with Gasteiger partial charge >= 0.3 is 0 Å². The molecular weight excluding hydrogens is 326 g/mol. The van der Waals surface area contributed by atoms with Crippen LogP contribution in [0.3, 0.4) is 0 Å². The van der Waals surface area contributed by atoms with Crippen LogP contribution in [-0.2, 0) is 6.42 Å². The summed E-state index contributed by atoms with van der Waals surface area (Å²) in [4.78, 5) is 0. The Hall–Kier alpha value is -3.19. The quantitative estimate of drug-likeness (QED) is 0.388. The lowest BCUT2D eigenvalue weighted by atomic mass is 10.00. The molecule has 0 aliphatic rings. The van der Waals surface area contributed by atoms with E-state index in [-0.39, 0.29) is 0 Å². The third kappa shape index (κ3) is 3.54. The van der Waals surface area contributed by atoms with E-state index < -0.39 is 0 Å². The van der Waals surface area contributed by atoms with Crippen molar-refractivity contribution in [3.63, 3.8) is 0 Å². The minimum atomic E-state index is 0.967. The van der Waals surface area contributed by atoms with Crippen LogP contribution in [-0.4, -0.2) is 0 Å². The Bertz CT molecular complexity index is 1030. The third-order valence-electron chi connectivity index (χ3n) is 4.97. The van der Waals surface area contributed by atoms with Gasteiger partial charge in [0.1, 0.15) is 0 Å². The molecule has 1 nitrogen and oxygen atoms in total. The highest BCUT2D eigenvalue weighted by molar-refractivity contribution is 5.69. The van der Waals surface area contributed by atoms with Crippen molar-refractivity contribution in [3.05, 3.63) is 108 Å². The maximum Gasteiger partial charge on any atom is 0.219 e. The maximum atomic E-state index is 2.39. The van der Waals surface area contributed by atoms with Gasteiger partial charge in [0.15, 0.2) is 5.69 Å². The number of pyridine rings is 1. The molecule has 0 saturated carbocycles. The van der Waals surface area contributed by atoms with Crippen LogP contribution >= 0.6 is 0 Å². The van der Waals surface area contributed by atoms with Gasteiger partial charge in [-0.3, -0.25) is 0 Å². The van der Waals surface area contributed by atoms with Crippen LogP contribution < -0.4 is 4.57 Å². The van der Waals surface area contributed by atoms with Crippen LogP contribution in [0.25, 0.3) is 28.1 Å². The highest BCUT2D eigenvalue weighted by atomic mass is 15.0. The smallest absolute Gasteiger partial charge is 0.157 e. The molecular formula is C26H24N+. The fourth-order valence-electron chi connectivity index (χ4n) is 3.53. The lowest BCUT2D eigenvalue weighted by molar-refractivity contribution is -0.592. The summed E-state index contributed by atoms with van der Waals surface area (Å²) in [6, 6.07) is 34.7. The molecule has 4 aromatic rings. The Labute approximate surface area is 161 Å². The van der Waals surface area contributed by atoms with Crippen LogP contribution in [0.5, 0.6) is 0 Å². The average molecular weight is 350 g/mol. The first-order valence-electron chi connectivity index (χ1n) is 9.53. The molecule has 0 aliphatic carbocycles. The van der Waals surface area contributed by atoms with E-state index in [1.807, 2.05) is 0 Å². The lowest BCUT2D eigenvalue weighted by Crippen LogP contribution is -2.38. The van der Waals surface area contributed by atoms with Crippen molar-refractivity contribution in [3.8, 4) is 28.1 Å². The van der Waals surface area contributed by atoms with Crippen molar-refractivity contribution >= 4 is 0 Å². The summed E-state index contributed by atoms with van der Waals surface area (Å²) in [7, 11) is 0. The topological polar surface area (TPSA) is 3.88 Å². The zero-order chi connectivity index (χ0) is 18.6. The standard InChI is InChI=1S/C26H24N/c1-3-24-18-23(21-10-6-4-7-11-21)19-26(22-12-8-5-9-13-22)27(24)25-16-14-20(2)15-17-25/h4-19H,3H2,1-2H3/q+1. The molecule has 3 aromatic carbocycles. The van der Waals surface area contributed by atoms with E-state index in [1.165, 1.54) is 39.3 Å². The molecule has 0 aliphatic heterocycles. The predicted octanol–water partition coefficient (Wildman–Crippen LogP) is 6.17. The Morgan fingerprint density at radius 2 is 1.22 bits per heavy atom. The van der Waals surface area contributed by atoms with Crippen molar-refractivity contribution in [1.29, 1.82) is 0 Å². The van der Waals surface area contributed by atoms with E-state index in [0.717, 1.165) is 6.42 Å². The summed E-state index contributed by atoms with van der Waals surface area (Å²) in [5.41, 5.74) is 8.74. The highest BCUT2D eigenvalue weighted by Gasteiger charge is 2.22. The van der Waals surface area contributed by atoms with Crippen molar-refractivity contribution in [1.82, 2.24) is 0 Å². The molecule has 0 spiro atoms. The number of rotatable bonds is 4. The molecule has 0 N–H and O–H groups in total. The molecule has 1 heteroatoms. The second-order valence-electron chi connectivity index (χ2n) is 6.88. The van der Waals surface area contributed by atoms with Gasteiger partial charge in [-0.1, -0.05) is 73.2 Å². The molecule has 0 fully saturated rings. The van der Waals surface area contributed by atoms with Crippen molar-refractivity contribution in [2.45, 2.75) is 20.3 Å². The van der Waals surface area contributed by atoms with Gasteiger partial charge in [-0.15, -0.1) is 0 Å². The molecule has 0 atom stereocenters. The van der Waals surface area contributed by atoms with E-state index in [1.54, 1.807) is 0 Å². The van der Waals surface area contributed by atoms with Crippen LogP contribution in [0.2, 0.25) is 0 Å². The monoisotopic (exact) mass is 350 g/mol. The molecule has 0 bridgehead atoms. The Morgan fingerprint density at radius 3 is 1.81 bits per heavy atom. The lowest BCUT2D eigenvalue weighted by Gasteiger charge is -2.11. The minimum Gasteiger partial charge on any atom is -0.157 e. The van der Waals surface area contributed by atoms with Gasteiger partial charge in [0.05, 0.1) is 0 Å².